The predicted molar refractivity (Wildman–Crippen MR) is 94.6 cm³/mol. The number of amides is 1. The van der Waals surface area contributed by atoms with Crippen molar-refractivity contribution in [1.82, 2.24) is 4.98 Å². The van der Waals surface area contributed by atoms with Crippen molar-refractivity contribution in [3.8, 4) is 5.75 Å². The zero-order valence-corrected chi connectivity index (χ0v) is 13.6. The maximum Gasteiger partial charge on any atom is 0.262 e. The van der Waals surface area contributed by atoms with Gasteiger partial charge in [-0.25, -0.2) is 0 Å². The fourth-order valence-corrected chi connectivity index (χ4v) is 2.60. The molecule has 1 heterocycles. The summed E-state index contributed by atoms with van der Waals surface area (Å²) in [5.41, 5.74) is 2.73. The Kier molecular flexibility index (Phi) is 4.33. The van der Waals surface area contributed by atoms with Crippen LogP contribution in [-0.4, -0.2) is 17.5 Å². The van der Waals surface area contributed by atoms with Gasteiger partial charge >= 0.3 is 0 Å². The number of aromatic amines is 1. The van der Waals surface area contributed by atoms with Gasteiger partial charge in [0.1, 0.15) is 5.75 Å². The van der Waals surface area contributed by atoms with Gasteiger partial charge in [-0.1, -0.05) is 23.8 Å². The Labute approximate surface area is 139 Å². The van der Waals surface area contributed by atoms with Crippen LogP contribution < -0.4 is 15.6 Å². The number of hydrogen-bond acceptors (Lipinski definition) is 3. The molecule has 0 unspecified atom stereocenters. The van der Waals surface area contributed by atoms with Crippen molar-refractivity contribution in [1.29, 1.82) is 0 Å². The van der Waals surface area contributed by atoms with Crippen LogP contribution in [0.5, 0.6) is 5.75 Å². The quantitative estimate of drug-likeness (QED) is 0.775. The van der Waals surface area contributed by atoms with Gasteiger partial charge in [0.25, 0.3) is 11.5 Å². The molecule has 0 aliphatic carbocycles. The van der Waals surface area contributed by atoms with Gasteiger partial charge in [0.15, 0.2) is 6.61 Å². The monoisotopic (exact) mass is 322 g/mol. The van der Waals surface area contributed by atoms with Crippen LogP contribution >= 0.6 is 0 Å². The minimum atomic E-state index is -0.246. The third-order valence-electron chi connectivity index (χ3n) is 3.79. The lowest BCUT2D eigenvalue weighted by atomic mass is 10.1. The maximum absolute atomic E-state index is 12.1. The molecule has 24 heavy (non-hydrogen) atoms. The molecule has 0 bridgehead atoms. The first kappa shape index (κ1) is 15.8. The number of hydrogen-bond donors (Lipinski definition) is 2. The summed E-state index contributed by atoms with van der Waals surface area (Å²) < 4.78 is 5.61. The van der Waals surface area contributed by atoms with E-state index in [1.54, 1.807) is 30.5 Å². The molecule has 3 rings (SSSR count). The second kappa shape index (κ2) is 6.58. The molecule has 0 aliphatic heterocycles. The average Bonchev–Trinajstić information content (AvgIpc) is 2.56. The van der Waals surface area contributed by atoms with Gasteiger partial charge in [-0.15, -0.1) is 0 Å². The third-order valence-corrected chi connectivity index (χ3v) is 3.79. The largest absolute Gasteiger partial charge is 0.483 e. The van der Waals surface area contributed by atoms with Crippen LogP contribution in [0.1, 0.15) is 11.1 Å². The Morgan fingerprint density at radius 2 is 1.96 bits per heavy atom. The van der Waals surface area contributed by atoms with E-state index in [1.165, 1.54) is 0 Å². The average molecular weight is 322 g/mol. The number of ether oxygens (including phenoxy) is 1. The first-order valence-corrected chi connectivity index (χ1v) is 7.65. The van der Waals surface area contributed by atoms with Crippen molar-refractivity contribution in [2.24, 2.45) is 0 Å². The number of pyridine rings is 1. The number of aromatic nitrogens is 1. The van der Waals surface area contributed by atoms with Crippen molar-refractivity contribution >= 4 is 22.4 Å². The lowest BCUT2D eigenvalue weighted by molar-refractivity contribution is -0.118. The zero-order chi connectivity index (χ0) is 17.1. The van der Waals surface area contributed by atoms with E-state index in [1.807, 2.05) is 32.0 Å². The number of rotatable bonds is 4. The summed E-state index contributed by atoms with van der Waals surface area (Å²) >= 11 is 0. The number of nitrogens with one attached hydrogen (secondary N) is 2. The second-order valence-corrected chi connectivity index (χ2v) is 5.68. The first-order chi connectivity index (χ1) is 11.5. The van der Waals surface area contributed by atoms with E-state index in [9.17, 15) is 9.59 Å². The summed E-state index contributed by atoms with van der Waals surface area (Å²) in [6.45, 7) is 3.82. The zero-order valence-electron chi connectivity index (χ0n) is 13.6. The molecule has 0 spiro atoms. The first-order valence-electron chi connectivity index (χ1n) is 7.65. The van der Waals surface area contributed by atoms with Gasteiger partial charge in [0.05, 0.1) is 5.39 Å². The van der Waals surface area contributed by atoms with Gasteiger partial charge in [-0.2, -0.15) is 0 Å². The molecule has 0 aliphatic rings. The molecule has 5 nitrogen and oxygen atoms in total. The summed E-state index contributed by atoms with van der Waals surface area (Å²) in [6.07, 6.45) is 1.56. The molecule has 0 fully saturated rings. The van der Waals surface area contributed by atoms with Crippen LogP contribution in [0.25, 0.3) is 10.8 Å². The molecule has 0 radical (unpaired) electrons. The second-order valence-electron chi connectivity index (χ2n) is 5.68. The van der Waals surface area contributed by atoms with Crippen molar-refractivity contribution in [2.75, 3.05) is 11.9 Å². The Morgan fingerprint density at radius 3 is 2.75 bits per heavy atom. The molecule has 5 heteroatoms. The Bertz CT molecular complexity index is 960. The van der Waals surface area contributed by atoms with Gasteiger partial charge in [0.2, 0.25) is 0 Å². The van der Waals surface area contributed by atoms with E-state index in [0.29, 0.717) is 16.5 Å². The van der Waals surface area contributed by atoms with Crippen LogP contribution in [-0.2, 0) is 4.79 Å². The van der Waals surface area contributed by atoms with Gasteiger partial charge in [-0.3, -0.25) is 9.59 Å². The summed E-state index contributed by atoms with van der Waals surface area (Å²) in [7, 11) is 0. The van der Waals surface area contributed by atoms with Crippen molar-refractivity contribution < 1.29 is 9.53 Å². The van der Waals surface area contributed by atoms with Crippen LogP contribution in [0.15, 0.2) is 53.5 Å². The summed E-state index contributed by atoms with van der Waals surface area (Å²) in [5.74, 6) is 0.262. The number of aryl methyl sites for hydroxylation is 2. The fraction of sp³-hybridized carbons (Fsp3) is 0.158. The topological polar surface area (TPSA) is 71.2 Å². The number of carbonyl (C=O) groups excluding carboxylic acids is 1. The molecular formula is C19H18N2O3. The summed E-state index contributed by atoms with van der Waals surface area (Å²) in [6, 6.07) is 12.8. The molecule has 1 aromatic heterocycles. The highest BCUT2D eigenvalue weighted by molar-refractivity contribution is 5.93. The highest BCUT2D eigenvalue weighted by Gasteiger charge is 2.09. The maximum atomic E-state index is 12.1. The van der Waals surface area contributed by atoms with Gasteiger partial charge in [0, 0.05) is 17.3 Å². The molecule has 0 atom stereocenters. The normalized spacial score (nSPS) is 10.6. The van der Waals surface area contributed by atoms with Crippen molar-refractivity contribution in [2.45, 2.75) is 13.8 Å². The SMILES string of the molecule is Cc1ccc(NC(=O)COc2cccc3c(=O)[nH]ccc23)c(C)c1. The van der Waals surface area contributed by atoms with E-state index < -0.39 is 0 Å². The highest BCUT2D eigenvalue weighted by Crippen LogP contribution is 2.22. The van der Waals surface area contributed by atoms with Crippen molar-refractivity contribution in [3.63, 3.8) is 0 Å². The van der Waals surface area contributed by atoms with Crippen LogP contribution in [0, 0.1) is 13.8 Å². The highest BCUT2D eigenvalue weighted by atomic mass is 16.5. The van der Waals surface area contributed by atoms with E-state index >= 15 is 0 Å². The number of fused-ring (bicyclic) bond motifs is 1. The Morgan fingerprint density at radius 1 is 1.12 bits per heavy atom. The third kappa shape index (κ3) is 3.30. The lowest BCUT2D eigenvalue weighted by Gasteiger charge is -2.11. The van der Waals surface area contributed by atoms with Gasteiger partial charge in [-0.05, 0) is 43.7 Å². The van der Waals surface area contributed by atoms with E-state index in [2.05, 4.69) is 10.3 Å². The number of anilines is 1. The van der Waals surface area contributed by atoms with Crippen LogP contribution in [0.3, 0.4) is 0 Å². The molecular weight excluding hydrogens is 304 g/mol. The lowest BCUT2D eigenvalue weighted by Crippen LogP contribution is -2.20. The molecule has 0 saturated heterocycles. The number of benzene rings is 2. The minimum Gasteiger partial charge on any atom is -0.483 e. The number of carbonyl (C=O) groups is 1. The molecule has 0 saturated carbocycles. The van der Waals surface area contributed by atoms with Gasteiger partial charge < -0.3 is 15.0 Å². The minimum absolute atomic E-state index is 0.126. The smallest absolute Gasteiger partial charge is 0.262 e. The predicted octanol–water partition coefficient (Wildman–Crippen LogP) is 3.16. The van der Waals surface area contributed by atoms with E-state index in [0.717, 1.165) is 16.8 Å². The van der Waals surface area contributed by atoms with Crippen LogP contribution in [0.4, 0.5) is 5.69 Å². The molecule has 2 N–H and O–H groups in total. The summed E-state index contributed by atoms with van der Waals surface area (Å²) in [5, 5.41) is 4.05. The summed E-state index contributed by atoms with van der Waals surface area (Å²) in [4.78, 5) is 26.5. The molecule has 1 amide bonds. The molecule has 3 aromatic rings. The standard InChI is InChI=1S/C19H18N2O3/c1-12-6-7-16(13(2)10-12)21-18(22)11-24-17-5-3-4-15-14(17)8-9-20-19(15)23/h3-10H,11H2,1-2H3,(H,20,23)(H,21,22). The van der Waals surface area contributed by atoms with E-state index in [4.69, 9.17) is 4.74 Å². The van der Waals surface area contributed by atoms with Crippen LogP contribution in [0.2, 0.25) is 0 Å². The van der Waals surface area contributed by atoms with Crippen molar-refractivity contribution in [3.05, 3.63) is 70.1 Å². The Hall–Kier alpha value is -3.08. The number of H-pyrrole nitrogens is 1. The van der Waals surface area contributed by atoms with E-state index in [-0.39, 0.29) is 18.1 Å². The Balaban J connectivity index is 1.73. The molecule has 122 valence electrons. The fourth-order valence-electron chi connectivity index (χ4n) is 2.60. The molecule has 2 aromatic carbocycles.